The van der Waals surface area contributed by atoms with Crippen LogP contribution >= 0.6 is 0 Å². The van der Waals surface area contributed by atoms with Gasteiger partial charge in [0.1, 0.15) is 17.5 Å². The van der Waals surface area contributed by atoms with Gasteiger partial charge in [0.2, 0.25) is 11.8 Å². The van der Waals surface area contributed by atoms with E-state index in [0.717, 1.165) is 48.8 Å². The number of ether oxygens (including phenoxy) is 1. The fraction of sp³-hybridized carbons (Fsp3) is 0.439. The first-order chi connectivity index (χ1) is 26.7. The van der Waals surface area contributed by atoms with Crippen molar-refractivity contribution in [2.24, 2.45) is 18.9 Å². The van der Waals surface area contributed by atoms with E-state index in [1.165, 1.54) is 28.8 Å². The van der Waals surface area contributed by atoms with Crippen LogP contribution < -0.4 is 9.46 Å². The number of alkyl halides is 3. The number of nitrogens with zero attached hydrogens (tertiary/aromatic N) is 6. The Balaban J connectivity index is 1.19. The second-order valence-corrected chi connectivity index (χ2v) is 17.6. The Morgan fingerprint density at radius 1 is 0.964 bits per heavy atom. The first-order valence-electron chi connectivity index (χ1n) is 19.2. The van der Waals surface area contributed by atoms with Crippen molar-refractivity contribution in [3.8, 4) is 17.1 Å². The van der Waals surface area contributed by atoms with Crippen LogP contribution in [0.25, 0.3) is 22.4 Å². The molecular formula is C41H42F3N7O4S. The lowest BCUT2D eigenvalue weighted by molar-refractivity contribution is -0.162. The molecule has 5 aromatic rings. The summed E-state index contributed by atoms with van der Waals surface area (Å²) < 4.78 is 81.2. The molecule has 1 amide bonds. The van der Waals surface area contributed by atoms with Crippen LogP contribution in [0.4, 0.5) is 19.1 Å². The number of rotatable bonds is 5. The van der Waals surface area contributed by atoms with Crippen molar-refractivity contribution in [2.75, 3.05) is 11.3 Å². The van der Waals surface area contributed by atoms with E-state index in [4.69, 9.17) is 9.72 Å². The lowest BCUT2D eigenvalue weighted by atomic mass is 9.89. The van der Waals surface area contributed by atoms with Gasteiger partial charge in [0, 0.05) is 29.9 Å². The monoisotopic (exact) mass is 785 g/mol. The van der Waals surface area contributed by atoms with Crippen molar-refractivity contribution in [1.29, 1.82) is 0 Å². The molecule has 3 fully saturated rings. The summed E-state index contributed by atoms with van der Waals surface area (Å²) in [5, 5.41) is 0. The Hall–Kier alpha value is -5.05. The van der Waals surface area contributed by atoms with E-state index in [2.05, 4.69) is 19.7 Å². The van der Waals surface area contributed by atoms with Crippen molar-refractivity contribution >= 4 is 33.0 Å². The molecule has 0 spiro atoms. The second-order valence-electron chi connectivity index (χ2n) is 16.0. The molecule has 2 aliphatic heterocycles. The maximum absolute atomic E-state index is 15.1. The first kappa shape index (κ1) is 36.6. The predicted octanol–water partition coefficient (Wildman–Crippen LogP) is 7.98. The molecule has 56 heavy (non-hydrogen) atoms. The van der Waals surface area contributed by atoms with Gasteiger partial charge in [0.05, 0.1) is 34.6 Å². The van der Waals surface area contributed by atoms with E-state index in [-0.39, 0.29) is 53.3 Å². The van der Waals surface area contributed by atoms with E-state index < -0.39 is 39.6 Å². The van der Waals surface area contributed by atoms with Gasteiger partial charge in [-0.25, -0.2) is 23.1 Å². The van der Waals surface area contributed by atoms with Gasteiger partial charge >= 0.3 is 6.18 Å². The van der Waals surface area contributed by atoms with Gasteiger partial charge in [-0.15, -0.1) is 0 Å². The molecule has 1 saturated heterocycles. The highest BCUT2D eigenvalue weighted by molar-refractivity contribution is 7.92. The summed E-state index contributed by atoms with van der Waals surface area (Å²) in [7, 11) is -2.69. The maximum atomic E-state index is 15.1. The summed E-state index contributed by atoms with van der Waals surface area (Å²) in [5.41, 5.74) is 2.67. The molecule has 2 saturated carbocycles. The molecule has 11 nitrogen and oxygen atoms in total. The molecule has 5 heterocycles. The Kier molecular flexibility index (Phi) is 8.67. The Labute approximate surface area is 322 Å². The molecule has 9 rings (SSSR count). The highest BCUT2D eigenvalue weighted by Gasteiger charge is 2.65. The number of carbonyl (C=O) groups excluding carboxylic acids is 1. The van der Waals surface area contributed by atoms with Crippen molar-refractivity contribution in [3.63, 3.8) is 0 Å². The third-order valence-electron chi connectivity index (χ3n) is 12.2. The van der Waals surface area contributed by atoms with Gasteiger partial charge in [0.15, 0.2) is 5.65 Å². The largest absolute Gasteiger partial charge is 0.475 e. The van der Waals surface area contributed by atoms with Gasteiger partial charge in [-0.3, -0.25) is 9.78 Å². The zero-order valence-electron chi connectivity index (χ0n) is 31.3. The highest BCUT2D eigenvalue weighted by atomic mass is 32.2. The van der Waals surface area contributed by atoms with Crippen molar-refractivity contribution in [2.45, 2.75) is 93.8 Å². The third kappa shape index (κ3) is 6.37. The molecule has 0 radical (unpaired) electrons. The topological polar surface area (TPSA) is 132 Å². The number of fused-ring (bicyclic) bond motifs is 6. The summed E-state index contributed by atoms with van der Waals surface area (Å²) in [5.74, 6) is 0.144. The number of hydrogen-bond acceptors (Lipinski definition) is 8. The Morgan fingerprint density at radius 2 is 1.71 bits per heavy atom. The number of anilines is 1. The number of aromatic nitrogens is 5. The average molecular weight is 786 g/mol. The number of benzene rings is 2. The minimum Gasteiger partial charge on any atom is -0.475 e. The van der Waals surface area contributed by atoms with Crippen LogP contribution in [0.3, 0.4) is 0 Å². The van der Waals surface area contributed by atoms with Gasteiger partial charge in [0.25, 0.3) is 15.9 Å². The average Bonchev–Trinajstić information content (AvgIpc) is 4.09. The molecule has 2 aromatic carbocycles. The molecular weight excluding hydrogens is 744 g/mol. The van der Waals surface area contributed by atoms with Gasteiger partial charge < -0.3 is 14.2 Å². The summed E-state index contributed by atoms with van der Waals surface area (Å²) in [6.45, 7) is 3.96. The van der Waals surface area contributed by atoms with E-state index in [1.807, 2.05) is 32.0 Å². The highest BCUT2D eigenvalue weighted by Crippen LogP contribution is 2.59. The van der Waals surface area contributed by atoms with E-state index in [0.29, 0.717) is 34.9 Å². The zero-order chi connectivity index (χ0) is 39.1. The molecule has 3 aromatic heterocycles. The minimum atomic E-state index is -4.41. The van der Waals surface area contributed by atoms with E-state index in [1.54, 1.807) is 30.3 Å². The number of nitrogens with one attached hydrogen (secondary N) is 1. The molecule has 292 valence electrons. The molecule has 3 atom stereocenters. The Morgan fingerprint density at radius 3 is 2.43 bits per heavy atom. The van der Waals surface area contributed by atoms with Gasteiger partial charge in [-0.05, 0) is 93.2 Å². The fourth-order valence-corrected chi connectivity index (χ4v) is 9.91. The second kappa shape index (κ2) is 13.3. The van der Waals surface area contributed by atoms with Crippen LogP contribution in [0, 0.1) is 25.7 Å². The summed E-state index contributed by atoms with van der Waals surface area (Å²) in [4.78, 5) is 35.5. The quantitative estimate of drug-likeness (QED) is 0.190. The number of sulfonamides is 1. The molecule has 0 unspecified atom stereocenters. The lowest BCUT2D eigenvalue weighted by Gasteiger charge is -2.39. The summed E-state index contributed by atoms with van der Waals surface area (Å²) in [6.07, 6.45) is 2.35. The number of aryl methyl sites for hydroxylation is 3. The SMILES string of the molecule is Cc1cccc(C)c1-c1cc2nc(n1)NS(=O)(=O)c1cccc(c1)C(=O)N1[C@H](c3cnc4cc(C5(C(F)(F)F)CC5)n(C)c4n3)CCC[C@@H](CC3CC3)[C@@H]1CO2. The number of carbonyl (C=O) groups is 1. The van der Waals surface area contributed by atoms with Crippen LogP contribution in [0.1, 0.15) is 90.3 Å². The molecule has 1 N–H and O–H groups in total. The van der Waals surface area contributed by atoms with Crippen molar-refractivity contribution in [3.05, 3.63) is 88.9 Å². The summed E-state index contributed by atoms with van der Waals surface area (Å²) in [6, 6.07) is 13.8. The molecule has 4 aliphatic rings. The van der Waals surface area contributed by atoms with Crippen LogP contribution in [-0.2, 0) is 22.5 Å². The predicted molar refractivity (Wildman–Crippen MR) is 203 cm³/mol. The van der Waals surface area contributed by atoms with E-state index in [9.17, 15) is 21.6 Å². The number of halogens is 3. The zero-order valence-corrected chi connectivity index (χ0v) is 32.1. The lowest BCUT2D eigenvalue weighted by Crippen LogP contribution is -2.49. The van der Waals surface area contributed by atoms with Gasteiger partial charge in [-0.1, -0.05) is 43.5 Å². The van der Waals surface area contributed by atoms with Crippen molar-refractivity contribution in [1.82, 2.24) is 29.4 Å². The maximum Gasteiger partial charge on any atom is 0.399 e. The Bertz CT molecular complexity index is 2480. The number of amides is 1. The summed E-state index contributed by atoms with van der Waals surface area (Å²) >= 11 is 0. The van der Waals surface area contributed by atoms with Crippen molar-refractivity contribution < 1.29 is 31.1 Å². The van der Waals surface area contributed by atoms with Crippen LogP contribution in [-0.4, -0.2) is 62.6 Å². The van der Waals surface area contributed by atoms with E-state index >= 15 is 4.79 Å². The normalized spacial score (nSPS) is 23.1. The standard InChI is InChI=1S/C41H42F3N7O4S/c1-23-7-4-8-24(2)36(23)29-20-35-48-39(47-29)49-56(53,54)28-11-5-10-27(18-28)38(52)51-32(12-6-9-26(17-25-13-14-25)33(51)22-55-35)31-21-45-30-19-34(50(3)37(30)46-31)40(15-16-40)41(42,43)44/h4-5,7-8,10-11,18-21,25-26,32-33H,6,9,12-17,22H2,1-3H3,(H,47,48,49)/t26-,32-,33-/m0/s1. The van der Waals surface area contributed by atoms with Crippen LogP contribution in [0.2, 0.25) is 0 Å². The number of hydrogen-bond donors (Lipinski definition) is 1. The molecule has 2 aliphatic carbocycles. The fourth-order valence-electron chi connectivity index (χ4n) is 8.93. The smallest absolute Gasteiger partial charge is 0.399 e. The van der Waals surface area contributed by atoms with Crippen LogP contribution in [0.15, 0.2) is 65.7 Å². The van der Waals surface area contributed by atoms with Crippen LogP contribution in [0.5, 0.6) is 5.88 Å². The first-order valence-corrected chi connectivity index (χ1v) is 20.6. The van der Waals surface area contributed by atoms with Gasteiger partial charge in [-0.2, -0.15) is 18.2 Å². The third-order valence-corrected chi connectivity index (χ3v) is 13.5. The minimum absolute atomic E-state index is 0.00662. The molecule has 15 heteroatoms. The molecule has 4 bridgehead atoms.